The number of halogens is 1. The predicted molar refractivity (Wildman–Crippen MR) is 61.5 cm³/mol. The first-order valence-corrected chi connectivity index (χ1v) is 6.25. The molecule has 0 fully saturated rings. The van der Waals surface area contributed by atoms with Gasteiger partial charge in [-0.05, 0) is 13.8 Å². The first-order chi connectivity index (χ1) is 7.19. The van der Waals surface area contributed by atoms with E-state index in [4.69, 9.17) is 18.0 Å². The van der Waals surface area contributed by atoms with E-state index in [1.165, 1.54) is 17.9 Å². The maximum absolute atomic E-state index is 12.0. The van der Waals surface area contributed by atoms with Crippen LogP contribution in [0, 0.1) is 12.3 Å². The van der Waals surface area contributed by atoms with Gasteiger partial charge in [0.25, 0.3) is 10.0 Å². The maximum atomic E-state index is 12.0. The number of nitrogens with zero attached hydrogens (tertiary/aromatic N) is 2. The van der Waals surface area contributed by atoms with E-state index in [1.54, 1.807) is 13.8 Å². The summed E-state index contributed by atoms with van der Waals surface area (Å²) in [6.45, 7) is 3.16. The van der Waals surface area contributed by atoms with Crippen LogP contribution in [0.4, 0.5) is 0 Å². The van der Waals surface area contributed by atoms with Crippen molar-refractivity contribution < 1.29 is 8.42 Å². The van der Waals surface area contributed by atoms with Crippen LogP contribution in [0.3, 0.4) is 0 Å². The van der Waals surface area contributed by atoms with Gasteiger partial charge in [-0.1, -0.05) is 17.5 Å². The average molecular weight is 262 g/mol. The Labute approximate surface area is 99.8 Å². The fraction of sp³-hybridized carbons (Fsp3) is 0.444. The number of hydrogen-bond acceptors (Lipinski definition) is 3. The van der Waals surface area contributed by atoms with Crippen LogP contribution < -0.4 is 4.72 Å². The molecule has 1 aromatic rings. The third-order valence-electron chi connectivity index (χ3n) is 1.85. The molecule has 0 saturated heterocycles. The van der Waals surface area contributed by atoms with Crippen LogP contribution in [0.2, 0.25) is 5.02 Å². The van der Waals surface area contributed by atoms with E-state index < -0.39 is 15.6 Å². The molecule has 0 aromatic carbocycles. The number of rotatable bonds is 3. The Morgan fingerprint density at radius 1 is 1.62 bits per heavy atom. The minimum atomic E-state index is -3.77. The average Bonchev–Trinajstić information content (AvgIpc) is 2.44. The molecule has 0 atom stereocenters. The van der Waals surface area contributed by atoms with Gasteiger partial charge in [0.2, 0.25) is 0 Å². The molecular weight excluding hydrogens is 250 g/mol. The Hall–Kier alpha value is -1.03. The molecule has 1 N–H and O–H groups in total. The van der Waals surface area contributed by atoms with Gasteiger partial charge in [-0.25, -0.2) is 8.42 Å². The van der Waals surface area contributed by atoms with E-state index >= 15 is 0 Å². The van der Waals surface area contributed by atoms with E-state index in [1.807, 2.05) is 0 Å². The zero-order chi connectivity index (χ0) is 12.6. The van der Waals surface area contributed by atoms with E-state index in [2.05, 4.69) is 15.7 Å². The molecule has 0 amide bonds. The van der Waals surface area contributed by atoms with Crippen molar-refractivity contribution in [3.63, 3.8) is 0 Å². The van der Waals surface area contributed by atoms with Gasteiger partial charge in [0.1, 0.15) is 0 Å². The lowest BCUT2D eigenvalue weighted by atomic mass is 10.1. The van der Waals surface area contributed by atoms with Crippen LogP contribution in [0.5, 0.6) is 0 Å². The van der Waals surface area contributed by atoms with Crippen LogP contribution in [0.25, 0.3) is 0 Å². The fourth-order valence-corrected chi connectivity index (χ4v) is 3.12. The van der Waals surface area contributed by atoms with E-state index in [0.29, 0.717) is 0 Å². The SMILES string of the molecule is C#CC(C)(C)NS(=O)(=O)c1c(Cl)cnn1C. The smallest absolute Gasteiger partial charge is 0.255 e. The Morgan fingerprint density at radius 2 is 2.19 bits per heavy atom. The Morgan fingerprint density at radius 3 is 2.56 bits per heavy atom. The predicted octanol–water partition coefficient (Wildman–Crippen LogP) is 0.764. The summed E-state index contributed by atoms with van der Waals surface area (Å²) in [6, 6.07) is 0. The van der Waals surface area contributed by atoms with Crippen molar-refractivity contribution in [3.05, 3.63) is 11.2 Å². The third kappa shape index (κ3) is 2.55. The second-order valence-corrected chi connectivity index (χ2v) is 5.80. The molecule has 0 bridgehead atoms. The highest BCUT2D eigenvalue weighted by molar-refractivity contribution is 7.89. The molecule has 88 valence electrons. The normalized spacial score (nSPS) is 12.4. The molecule has 0 aliphatic rings. The molecule has 0 aliphatic carbocycles. The van der Waals surface area contributed by atoms with Crippen LogP contribution in [-0.4, -0.2) is 23.7 Å². The number of terminal acetylenes is 1. The summed E-state index contributed by atoms with van der Waals surface area (Å²) in [6.07, 6.45) is 6.47. The van der Waals surface area contributed by atoms with Crippen molar-refractivity contribution in [1.29, 1.82) is 0 Å². The van der Waals surface area contributed by atoms with Gasteiger partial charge < -0.3 is 0 Å². The summed E-state index contributed by atoms with van der Waals surface area (Å²) < 4.78 is 27.5. The lowest BCUT2D eigenvalue weighted by molar-refractivity contribution is 0.526. The van der Waals surface area contributed by atoms with E-state index in [-0.39, 0.29) is 10.0 Å². The van der Waals surface area contributed by atoms with Crippen LogP contribution in [0.15, 0.2) is 11.2 Å². The van der Waals surface area contributed by atoms with Crippen LogP contribution in [-0.2, 0) is 17.1 Å². The molecule has 0 unspecified atom stereocenters. The van der Waals surface area contributed by atoms with Crippen molar-refractivity contribution in [2.24, 2.45) is 7.05 Å². The number of sulfonamides is 1. The second kappa shape index (κ2) is 4.09. The summed E-state index contributed by atoms with van der Waals surface area (Å²) in [5.41, 5.74) is -0.980. The maximum Gasteiger partial charge on any atom is 0.260 e. The molecule has 7 heteroatoms. The Kier molecular flexibility index (Phi) is 3.33. The summed E-state index contributed by atoms with van der Waals surface area (Å²) in [5, 5.41) is 3.71. The van der Waals surface area contributed by atoms with E-state index in [0.717, 1.165) is 0 Å². The zero-order valence-electron chi connectivity index (χ0n) is 9.15. The van der Waals surface area contributed by atoms with Gasteiger partial charge in [0.05, 0.1) is 16.8 Å². The molecule has 1 rings (SSSR count). The number of nitrogens with one attached hydrogen (secondary N) is 1. The van der Waals surface area contributed by atoms with Crippen molar-refractivity contribution in [2.45, 2.75) is 24.4 Å². The molecule has 1 aromatic heterocycles. The fourth-order valence-electron chi connectivity index (χ4n) is 1.12. The summed E-state index contributed by atoms with van der Waals surface area (Å²) in [7, 11) is -2.28. The molecule has 0 saturated carbocycles. The number of hydrogen-bond donors (Lipinski definition) is 1. The minimum Gasteiger partial charge on any atom is -0.255 e. The van der Waals surface area contributed by atoms with Crippen molar-refractivity contribution >= 4 is 21.6 Å². The van der Waals surface area contributed by atoms with Crippen LogP contribution >= 0.6 is 11.6 Å². The van der Waals surface area contributed by atoms with Gasteiger partial charge in [-0.2, -0.15) is 9.82 Å². The van der Waals surface area contributed by atoms with Gasteiger partial charge in [-0.15, -0.1) is 6.42 Å². The van der Waals surface area contributed by atoms with Gasteiger partial charge >= 0.3 is 0 Å². The Bertz CT molecular complexity index is 520. The summed E-state index contributed by atoms with van der Waals surface area (Å²) in [4.78, 5) is 0. The minimum absolute atomic E-state index is 0.0582. The monoisotopic (exact) mass is 261 g/mol. The van der Waals surface area contributed by atoms with Crippen molar-refractivity contribution in [1.82, 2.24) is 14.5 Å². The summed E-state index contributed by atoms with van der Waals surface area (Å²) in [5.74, 6) is 2.34. The third-order valence-corrected chi connectivity index (χ3v) is 4.01. The molecule has 5 nitrogen and oxygen atoms in total. The lowest BCUT2D eigenvalue weighted by Gasteiger charge is -2.19. The lowest BCUT2D eigenvalue weighted by Crippen LogP contribution is -2.42. The quantitative estimate of drug-likeness (QED) is 0.818. The molecular formula is C9H12ClN3O2S. The Balaban J connectivity index is 3.20. The van der Waals surface area contributed by atoms with Crippen LogP contribution in [0.1, 0.15) is 13.8 Å². The van der Waals surface area contributed by atoms with E-state index in [9.17, 15) is 8.42 Å². The topological polar surface area (TPSA) is 64.0 Å². The second-order valence-electron chi connectivity index (χ2n) is 3.80. The number of aromatic nitrogens is 2. The highest BCUT2D eigenvalue weighted by Gasteiger charge is 2.28. The van der Waals surface area contributed by atoms with Gasteiger partial charge in [0, 0.05) is 7.05 Å². The highest BCUT2D eigenvalue weighted by Crippen LogP contribution is 2.20. The van der Waals surface area contributed by atoms with Gasteiger partial charge in [0.15, 0.2) is 5.03 Å². The van der Waals surface area contributed by atoms with Crippen molar-refractivity contribution in [3.8, 4) is 12.3 Å². The largest absolute Gasteiger partial charge is 0.260 e. The number of aryl methyl sites for hydroxylation is 1. The molecule has 0 aliphatic heterocycles. The first kappa shape index (κ1) is 13.0. The standard InChI is InChI=1S/C9H12ClN3O2S/c1-5-9(2,3)12-16(14,15)8-7(10)6-11-13(8)4/h1,6,12H,2-4H3. The van der Waals surface area contributed by atoms with Crippen molar-refractivity contribution in [2.75, 3.05) is 0 Å². The molecule has 16 heavy (non-hydrogen) atoms. The van der Waals surface area contributed by atoms with Gasteiger partial charge in [-0.3, -0.25) is 4.68 Å². The summed E-state index contributed by atoms with van der Waals surface area (Å²) >= 11 is 5.75. The first-order valence-electron chi connectivity index (χ1n) is 4.39. The highest BCUT2D eigenvalue weighted by atomic mass is 35.5. The molecule has 0 radical (unpaired) electrons. The zero-order valence-corrected chi connectivity index (χ0v) is 10.7. The molecule has 0 spiro atoms. The molecule has 1 heterocycles.